The lowest BCUT2D eigenvalue weighted by molar-refractivity contribution is 0.321. The van der Waals surface area contributed by atoms with Crippen LogP contribution < -0.4 is 20.5 Å². The number of nitrogen functional groups attached to an aromatic ring is 1. The summed E-state index contributed by atoms with van der Waals surface area (Å²) < 4.78 is 24.0. The number of aromatic nitrogens is 2. The Hall–Kier alpha value is -2.57. The van der Waals surface area contributed by atoms with E-state index in [-0.39, 0.29) is 11.6 Å². The summed E-state index contributed by atoms with van der Waals surface area (Å²) in [6, 6.07) is 4.52. The van der Waals surface area contributed by atoms with Gasteiger partial charge in [0.2, 0.25) is 5.75 Å². The highest BCUT2D eigenvalue weighted by molar-refractivity contribution is 5.68. The van der Waals surface area contributed by atoms with Crippen molar-refractivity contribution >= 4 is 17.3 Å². The number of hydrogen-bond donors (Lipinski definition) is 2. The minimum atomic E-state index is -0.460. The Morgan fingerprint density at radius 3 is 2.80 bits per heavy atom. The van der Waals surface area contributed by atoms with Crippen LogP contribution in [0.4, 0.5) is 21.7 Å². The molecule has 3 N–H and O–H groups in total. The molecule has 6 nitrogen and oxygen atoms in total. The van der Waals surface area contributed by atoms with Gasteiger partial charge in [0, 0.05) is 11.8 Å². The van der Waals surface area contributed by atoms with Crippen molar-refractivity contribution in [2.45, 2.75) is 6.92 Å². The molecule has 0 aliphatic carbocycles. The van der Waals surface area contributed by atoms with Crippen molar-refractivity contribution in [2.75, 3.05) is 24.8 Å². The van der Waals surface area contributed by atoms with Gasteiger partial charge in [-0.3, -0.25) is 0 Å². The van der Waals surface area contributed by atoms with Crippen LogP contribution in [0.1, 0.15) is 6.92 Å². The third-order valence-corrected chi connectivity index (χ3v) is 2.53. The molecule has 0 fully saturated rings. The molecular weight excluding hydrogens is 263 g/mol. The number of nitrogens with one attached hydrogen (secondary N) is 1. The highest BCUT2D eigenvalue weighted by atomic mass is 19.1. The molecule has 106 valence electrons. The van der Waals surface area contributed by atoms with E-state index < -0.39 is 5.82 Å². The molecule has 20 heavy (non-hydrogen) atoms. The standard InChI is InChI=1S/C13H15FN4O2/c1-3-20-10-5-4-8(6-9(10)14)18-13-11(19-2)12(15)16-7-17-13/h4-7H,3H2,1-2H3,(H3,15,16,17,18). The lowest BCUT2D eigenvalue weighted by Crippen LogP contribution is -2.03. The molecule has 0 amide bonds. The van der Waals surface area contributed by atoms with Crippen LogP contribution in [0.3, 0.4) is 0 Å². The molecule has 0 aliphatic heterocycles. The highest BCUT2D eigenvalue weighted by Gasteiger charge is 2.11. The second-order valence-corrected chi connectivity index (χ2v) is 3.84. The molecule has 1 heterocycles. The summed E-state index contributed by atoms with van der Waals surface area (Å²) in [6.07, 6.45) is 1.30. The van der Waals surface area contributed by atoms with Gasteiger partial charge in [0.15, 0.2) is 23.2 Å². The highest BCUT2D eigenvalue weighted by Crippen LogP contribution is 2.30. The van der Waals surface area contributed by atoms with E-state index in [2.05, 4.69) is 15.3 Å². The van der Waals surface area contributed by atoms with E-state index >= 15 is 0 Å². The van der Waals surface area contributed by atoms with E-state index in [0.29, 0.717) is 23.9 Å². The molecule has 0 aliphatic rings. The lowest BCUT2D eigenvalue weighted by atomic mass is 10.3. The van der Waals surface area contributed by atoms with Gasteiger partial charge in [-0.1, -0.05) is 0 Å². The first-order valence-corrected chi connectivity index (χ1v) is 5.99. The number of hydrogen-bond acceptors (Lipinski definition) is 6. The summed E-state index contributed by atoms with van der Waals surface area (Å²) in [7, 11) is 1.46. The molecular formula is C13H15FN4O2. The minimum absolute atomic E-state index is 0.201. The van der Waals surface area contributed by atoms with E-state index in [9.17, 15) is 4.39 Å². The summed E-state index contributed by atoms with van der Waals surface area (Å²) >= 11 is 0. The average Bonchev–Trinajstić information content (AvgIpc) is 2.42. The summed E-state index contributed by atoms with van der Waals surface area (Å²) in [4.78, 5) is 7.83. The van der Waals surface area contributed by atoms with Crippen LogP contribution in [0.5, 0.6) is 11.5 Å². The van der Waals surface area contributed by atoms with E-state index in [4.69, 9.17) is 15.2 Å². The monoisotopic (exact) mass is 278 g/mol. The number of methoxy groups -OCH3 is 1. The second-order valence-electron chi connectivity index (χ2n) is 3.84. The van der Waals surface area contributed by atoms with Gasteiger partial charge in [0.05, 0.1) is 13.7 Å². The third kappa shape index (κ3) is 2.87. The number of rotatable bonds is 5. The number of anilines is 3. The molecule has 2 rings (SSSR count). The Bertz CT molecular complexity index is 607. The van der Waals surface area contributed by atoms with Gasteiger partial charge >= 0.3 is 0 Å². The molecule has 0 saturated carbocycles. The molecule has 7 heteroatoms. The zero-order valence-corrected chi connectivity index (χ0v) is 11.2. The molecule has 1 aromatic carbocycles. The normalized spacial score (nSPS) is 10.2. The summed E-state index contributed by atoms with van der Waals surface area (Å²) in [5.41, 5.74) is 6.17. The molecule has 0 spiro atoms. The fraction of sp³-hybridized carbons (Fsp3) is 0.231. The number of nitrogens with zero attached hydrogens (tertiary/aromatic N) is 2. The molecule has 1 aromatic heterocycles. The van der Waals surface area contributed by atoms with Crippen molar-refractivity contribution < 1.29 is 13.9 Å². The molecule has 0 radical (unpaired) electrons. The molecule has 2 aromatic rings. The largest absolute Gasteiger partial charge is 0.491 e. The maximum absolute atomic E-state index is 13.7. The van der Waals surface area contributed by atoms with Gasteiger partial charge < -0.3 is 20.5 Å². The first-order valence-electron chi connectivity index (χ1n) is 5.99. The van der Waals surface area contributed by atoms with Crippen LogP contribution in [-0.2, 0) is 0 Å². The Labute approximate surface area is 115 Å². The van der Waals surface area contributed by atoms with Gasteiger partial charge in [-0.2, -0.15) is 0 Å². The molecule has 0 saturated heterocycles. The first-order chi connectivity index (χ1) is 9.65. The maximum Gasteiger partial charge on any atom is 0.204 e. The third-order valence-electron chi connectivity index (χ3n) is 2.53. The quantitative estimate of drug-likeness (QED) is 0.873. The van der Waals surface area contributed by atoms with Gasteiger partial charge in [-0.25, -0.2) is 14.4 Å². The zero-order valence-electron chi connectivity index (χ0n) is 11.2. The van der Waals surface area contributed by atoms with Crippen molar-refractivity contribution in [3.05, 3.63) is 30.3 Å². The molecule has 0 bridgehead atoms. The SMILES string of the molecule is CCOc1ccc(Nc2ncnc(N)c2OC)cc1F. The first kappa shape index (κ1) is 13.9. The lowest BCUT2D eigenvalue weighted by Gasteiger charge is -2.12. The second kappa shape index (κ2) is 6.05. The molecule has 0 atom stereocenters. The van der Waals surface area contributed by atoms with Crippen LogP contribution in [0.25, 0.3) is 0 Å². The molecule has 0 unspecified atom stereocenters. The average molecular weight is 278 g/mol. The van der Waals surface area contributed by atoms with Crippen molar-refractivity contribution in [1.82, 2.24) is 9.97 Å². The summed E-state index contributed by atoms with van der Waals surface area (Å²) in [5.74, 6) is 0.617. The van der Waals surface area contributed by atoms with Gasteiger partial charge in [0.25, 0.3) is 0 Å². The maximum atomic E-state index is 13.7. The van der Waals surface area contributed by atoms with Gasteiger partial charge in [0.1, 0.15) is 6.33 Å². The van der Waals surface area contributed by atoms with E-state index in [1.54, 1.807) is 13.0 Å². The number of nitrogens with two attached hydrogens (primary N) is 1. The van der Waals surface area contributed by atoms with Crippen LogP contribution in [0, 0.1) is 5.82 Å². The predicted molar refractivity (Wildman–Crippen MR) is 73.8 cm³/mol. The van der Waals surface area contributed by atoms with Crippen LogP contribution >= 0.6 is 0 Å². The minimum Gasteiger partial charge on any atom is -0.491 e. The van der Waals surface area contributed by atoms with Crippen LogP contribution in [0.2, 0.25) is 0 Å². The van der Waals surface area contributed by atoms with Crippen molar-refractivity contribution in [3.63, 3.8) is 0 Å². The number of benzene rings is 1. The number of halogens is 1. The van der Waals surface area contributed by atoms with E-state index in [0.717, 1.165) is 0 Å². The Morgan fingerprint density at radius 1 is 1.35 bits per heavy atom. The van der Waals surface area contributed by atoms with Crippen molar-refractivity contribution in [3.8, 4) is 11.5 Å². The van der Waals surface area contributed by atoms with Crippen molar-refractivity contribution in [1.29, 1.82) is 0 Å². The van der Waals surface area contributed by atoms with Crippen LogP contribution in [-0.4, -0.2) is 23.7 Å². The number of ether oxygens (including phenoxy) is 2. The Kier molecular flexibility index (Phi) is 4.19. The fourth-order valence-electron chi connectivity index (χ4n) is 1.67. The van der Waals surface area contributed by atoms with E-state index in [1.807, 2.05) is 0 Å². The Morgan fingerprint density at radius 2 is 2.15 bits per heavy atom. The van der Waals surface area contributed by atoms with E-state index in [1.165, 1.54) is 25.6 Å². The smallest absolute Gasteiger partial charge is 0.204 e. The summed E-state index contributed by atoms with van der Waals surface area (Å²) in [5, 5.41) is 2.92. The van der Waals surface area contributed by atoms with Gasteiger partial charge in [-0.05, 0) is 19.1 Å². The predicted octanol–water partition coefficient (Wildman–Crippen LogP) is 2.35. The van der Waals surface area contributed by atoms with Crippen molar-refractivity contribution in [2.24, 2.45) is 0 Å². The fourth-order valence-corrected chi connectivity index (χ4v) is 1.67. The topological polar surface area (TPSA) is 82.3 Å². The van der Waals surface area contributed by atoms with Crippen LogP contribution in [0.15, 0.2) is 24.5 Å². The van der Waals surface area contributed by atoms with Gasteiger partial charge in [-0.15, -0.1) is 0 Å². The zero-order chi connectivity index (χ0) is 14.5. The summed E-state index contributed by atoms with van der Waals surface area (Å²) in [6.45, 7) is 2.19. The Balaban J connectivity index is 2.26.